The van der Waals surface area contributed by atoms with Crippen LogP contribution in [0.15, 0.2) is 24.3 Å². The molecule has 384 valence electrons. The minimum Gasteiger partial charge on any atom is -0.462 e. The van der Waals surface area contributed by atoms with Gasteiger partial charge in [0.15, 0.2) is 0 Å². The Labute approximate surface area is 405 Å². The first-order valence-corrected chi connectivity index (χ1v) is 29.1. The van der Waals surface area contributed by atoms with Crippen LogP contribution in [-0.4, -0.2) is 46.9 Å². The van der Waals surface area contributed by atoms with Crippen molar-refractivity contribution in [2.45, 2.75) is 334 Å². The fourth-order valence-electron chi connectivity index (χ4n) is 9.07. The highest BCUT2D eigenvalue weighted by Gasteiger charge is 2.24. The monoisotopic (exact) mass is 916 g/mol. The van der Waals surface area contributed by atoms with Crippen molar-refractivity contribution < 1.29 is 24.5 Å². The van der Waals surface area contributed by atoms with Gasteiger partial charge >= 0.3 is 5.97 Å². The normalized spacial score (nSPS) is 13.2. The fraction of sp³-hybridized carbons (Fsp3) is 0.898. The Morgan fingerprint density at radius 2 is 0.738 bits per heavy atom. The van der Waals surface area contributed by atoms with E-state index in [0.717, 1.165) is 51.4 Å². The number of allylic oxidation sites excluding steroid dienone is 4. The number of aliphatic hydroxyl groups is 2. The van der Waals surface area contributed by atoms with Crippen LogP contribution in [0.3, 0.4) is 0 Å². The predicted octanol–water partition coefficient (Wildman–Crippen LogP) is 17.9. The summed E-state index contributed by atoms with van der Waals surface area (Å²) in [4.78, 5) is 26.3. The number of unbranched alkanes of at least 4 members (excludes halogenated alkanes) is 37. The molecule has 0 radical (unpaired) electrons. The van der Waals surface area contributed by atoms with Crippen molar-refractivity contribution in [1.29, 1.82) is 0 Å². The number of rotatable bonds is 53. The summed E-state index contributed by atoms with van der Waals surface area (Å²) in [6.07, 6.45) is 62.5. The molecule has 0 aliphatic carbocycles. The van der Waals surface area contributed by atoms with E-state index < -0.39 is 18.2 Å². The number of ether oxygens (including phenoxy) is 1. The SMILES string of the molecule is CCCCCCCC/C=C/CCCCCCCCCCCC(=O)OC(CCCCCCCCC/C=C/CCCCCCCC)CC(=O)NC(CO)C(O)CCCCCCCCCCCC. The second-order valence-corrected chi connectivity index (χ2v) is 20.0. The molecule has 0 saturated heterocycles. The summed E-state index contributed by atoms with van der Waals surface area (Å²) in [5.74, 6) is -0.463. The molecule has 0 fully saturated rings. The quantitative estimate of drug-likeness (QED) is 0.0321. The van der Waals surface area contributed by atoms with Gasteiger partial charge in [-0.2, -0.15) is 0 Å². The van der Waals surface area contributed by atoms with Crippen LogP contribution in [0, 0.1) is 0 Å². The summed E-state index contributed by atoms with van der Waals surface area (Å²) >= 11 is 0. The summed E-state index contributed by atoms with van der Waals surface area (Å²) in [5, 5.41) is 23.8. The van der Waals surface area contributed by atoms with E-state index in [0.29, 0.717) is 19.3 Å². The standard InChI is InChI=1S/C59H113NO5/c1-4-7-10-13-16-19-22-24-26-28-29-31-33-35-37-40-43-46-49-52-59(64)65-55(50-47-44-41-38-36-34-32-30-27-25-23-20-17-14-11-8-5-2)53-58(63)60-56(54-61)57(62)51-48-45-42-39-21-18-15-12-9-6-3/h24-27,55-57,61-62H,4-23,28-54H2,1-3H3,(H,60,63)/b26-24+,27-25+. The van der Waals surface area contributed by atoms with E-state index in [1.165, 1.54) is 218 Å². The third-order valence-corrected chi connectivity index (χ3v) is 13.5. The third kappa shape index (κ3) is 48.6. The first-order valence-electron chi connectivity index (χ1n) is 29.1. The number of esters is 1. The van der Waals surface area contributed by atoms with Crippen molar-refractivity contribution in [2.24, 2.45) is 0 Å². The van der Waals surface area contributed by atoms with Crippen LogP contribution >= 0.6 is 0 Å². The lowest BCUT2D eigenvalue weighted by Crippen LogP contribution is -2.46. The molecule has 0 aromatic rings. The van der Waals surface area contributed by atoms with E-state index in [9.17, 15) is 19.8 Å². The van der Waals surface area contributed by atoms with Gasteiger partial charge in [-0.3, -0.25) is 9.59 Å². The van der Waals surface area contributed by atoms with Gasteiger partial charge in [-0.25, -0.2) is 0 Å². The molecule has 65 heavy (non-hydrogen) atoms. The number of hydrogen-bond donors (Lipinski definition) is 3. The minimum atomic E-state index is -0.785. The van der Waals surface area contributed by atoms with Crippen molar-refractivity contribution in [3.8, 4) is 0 Å². The molecule has 0 bridgehead atoms. The molecule has 0 rings (SSSR count). The van der Waals surface area contributed by atoms with Crippen LogP contribution in [0.5, 0.6) is 0 Å². The van der Waals surface area contributed by atoms with Crippen molar-refractivity contribution in [3.63, 3.8) is 0 Å². The summed E-state index contributed by atoms with van der Waals surface area (Å²) in [6.45, 7) is 6.50. The highest BCUT2D eigenvalue weighted by atomic mass is 16.5. The lowest BCUT2D eigenvalue weighted by atomic mass is 10.0. The largest absolute Gasteiger partial charge is 0.462 e. The van der Waals surface area contributed by atoms with Crippen molar-refractivity contribution in [2.75, 3.05) is 6.61 Å². The third-order valence-electron chi connectivity index (χ3n) is 13.5. The molecule has 0 aliphatic heterocycles. The van der Waals surface area contributed by atoms with Gasteiger partial charge in [0.2, 0.25) is 5.91 Å². The Bertz CT molecular complexity index is 1030. The van der Waals surface area contributed by atoms with Crippen LogP contribution in [-0.2, 0) is 14.3 Å². The molecule has 0 heterocycles. The van der Waals surface area contributed by atoms with Crippen molar-refractivity contribution in [1.82, 2.24) is 5.32 Å². The van der Waals surface area contributed by atoms with E-state index in [-0.39, 0.29) is 24.9 Å². The van der Waals surface area contributed by atoms with Crippen LogP contribution < -0.4 is 5.32 Å². The van der Waals surface area contributed by atoms with Gasteiger partial charge in [0.25, 0.3) is 0 Å². The van der Waals surface area contributed by atoms with Gasteiger partial charge in [-0.15, -0.1) is 0 Å². The number of nitrogens with one attached hydrogen (secondary N) is 1. The highest BCUT2D eigenvalue weighted by molar-refractivity contribution is 5.77. The number of aliphatic hydroxyl groups excluding tert-OH is 2. The number of amides is 1. The molecule has 0 aliphatic rings. The second-order valence-electron chi connectivity index (χ2n) is 20.0. The minimum absolute atomic E-state index is 0.0784. The molecule has 3 N–H and O–H groups in total. The molecule has 0 spiro atoms. The zero-order valence-corrected chi connectivity index (χ0v) is 43.9. The molecular formula is C59H113NO5. The number of hydrogen-bond acceptors (Lipinski definition) is 5. The van der Waals surface area contributed by atoms with Gasteiger partial charge in [0.1, 0.15) is 6.10 Å². The van der Waals surface area contributed by atoms with Gasteiger partial charge < -0.3 is 20.3 Å². The van der Waals surface area contributed by atoms with Crippen LogP contribution in [0.25, 0.3) is 0 Å². The van der Waals surface area contributed by atoms with E-state index >= 15 is 0 Å². The smallest absolute Gasteiger partial charge is 0.306 e. The summed E-state index contributed by atoms with van der Waals surface area (Å²) in [7, 11) is 0. The Morgan fingerprint density at radius 3 is 1.09 bits per heavy atom. The van der Waals surface area contributed by atoms with E-state index in [2.05, 4.69) is 50.4 Å². The van der Waals surface area contributed by atoms with Gasteiger partial charge in [0.05, 0.1) is 25.2 Å². The first kappa shape index (κ1) is 63.3. The fourth-order valence-corrected chi connectivity index (χ4v) is 9.07. The number of carbonyl (C=O) groups is 2. The van der Waals surface area contributed by atoms with Crippen LogP contribution in [0.1, 0.15) is 316 Å². The lowest BCUT2D eigenvalue weighted by Gasteiger charge is -2.24. The van der Waals surface area contributed by atoms with Gasteiger partial charge in [-0.1, -0.05) is 251 Å². The predicted molar refractivity (Wildman–Crippen MR) is 283 cm³/mol. The average Bonchev–Trinajstić information content (AvgIpc) is 3.30. The maximum Gasteiger partial charge on any atom is 0.306 e. The molecule has 0 aromatic heterocycles. The maximum absolute atomic E-state index is 13.2. The van der Waals surface area contributed by atoms with E-state index in [1.807, 2.05) is 0 Å². The zero-order valence-electron chi connectivity index (χ0n) is 43.9. The van der Waals surface area contributed by atoms with Crippen molar-refractivity contribution in [3.05, 3.63) is 24.3 Å². The molecule has 6 heteroatoms. The van der Waals surface area contributed by atoms with Crippen LogP contribution in [0.4, 0.5) is 0 Å². The molecule has 3 atom stereocenters. The summed E-state index contributed by atoms with van der Waals surface area (Å²) in [5.41, 5.74) is 0. The Kier molecular flexibility index (Phi) is 51.9. The van der Waals surface area contributed by atoms with Gasteiger partial charge in [0, 0.05) is 6.42 Å². The lowest BCUT2D eigenvalue weighted by molar-refractivity contribution is -0.151. The molecular weight excluding hydrogens is 803 g/mol. The van der Waals surface area contributed by atoms with Gasteiger partial charge in [-0.05, 0) is 77.0 Å². The van der Waals surface area contributed by atoms with E-state index in [1.54, 1.807) is 0 Å². The first-order chi connectivity index (χ1) is 32.0. The maximum atomic E-state index is 13.2. The number of carbonyl (C=O) groups excluding carboxylic acids is 2. The molecule has 3 unspecified atom stereocenters. The summed E-state index contributed by atoms with van der Waals surface area (Å²) in [6, 6.07) is -0.699. The molecule has 0 aromatic carbocycles. The second kappa shape index (κ2) is 53.3. The molecule has 6 nitrogen and oxygen atoms in total. The molecule has 1 amide bonds. The van der Waals surface area contributed by atoms with Crippen molar-refractivity contribution >= 4 is 11.9 Å². The topological polar surface area (TPSA) is 95.9 Å². The Hall–Kier alpha value is -1.66. The molecule has 0 saturated carbocycles. The highest BCUT2D eigenvalue weighted by Crippen LogP contribution is 2.19. The summed E-state index contributed by atoms with van der Waals surface area (Å²) < 4.78 is 5.97. The Balaban J connectivity index is 4.50. The Morgan fingerprint density at radius 1 is 0.431 bits per heavy atom. The zero-order chi connectivity index (χ0) is 47.4. The van der Waals surface area contributed by atoms with E-state index in [4.69, 9.17) is 4.74 Å². The van der Waals surface area contributed by atoms with Crippen LogP contribution in [0.2, 0.25) is 0 Å². The average molecular weight is 917 g/mol.